The molecular formula is C20H21ClN2O4. The molecule has 0 unspecified atom stereocenters. The Hall–Kier alpha value is -2.86. The van der Waals surface area contributed by atoms with Gasteiger partial charge in [0.2, 0.25) is 5.91 Å². The van der Waals surface area contributed by atoms with Crippen LogP contribution in [0, 0.1) is 5.41 Å². The molecule has 0 aliphatic rings. The minimum atomic E-state index is -0.695. The number of hydrogen-bond donors (Lipinski definition) is 2. The lowest BCUT2D eigenvalue weighted by atomic mass is 9.95. The van der Waals surface area contributed by atoms with Crippen molar-refractivity contribution in [3.8, 4) is 5.75 Å². The van der Waals surface area contributed by atoms with Gasteiger partial charge in [-0.2, -0.15) is 0 Å². The number of rotatable bonds is 6. The maximum atomic E-state index is 12.3. The molecule has 3 N–H and O–H groups in total. The molecule has 0 aliphatic carbocycles. The predicted molar refractivity (Wildman–Crippen MR) is 104 cm³/mol. The fourth-order valence-electron chi connectivity index (χ4n) is 2.11. The molecule has 0 heterocycles. The number of Topliss-reactive ketones (excluding diaryl/α,β-unsaturated/α-hetero) is 1. The summed E-state index contributed by atoms with van der Waals surface area (Å²) in [5.74, 6) is -0.908. The van der Waals surface area contributed by atoms with Gasteiger partial charge >= 0.3 is 0 Å². The van der Waals surface area contributed by atoms with Crippen LogP contribution < -0.4 is 15.8 Å². The molecule has 0 spiro atoms. The van der Waals surface area contributed by atoms with Crippen molar-refractivity contribution in [2.75, 3.05) is 11.9 Å². The van der Waals surface area contributed by atoms with E-state index in [1.807, 2.05) is 20.8 Å². The number of primary amides is 1. The van der Waals surface area contributed by atoms with Crippen LogP contribution in [0.2, 0.25) is 5.02 Å². The van der Waals surface area contributed by atoms with Gasteiger partial charge in [0, 0.05) is 21.7 Å². The molecule has 0 aromatic heterocycles. The molecule has 7 heteroatoms. The van der Waals surface area contributed by atoms with Gasteiger partial charge in [-0.1, -0.05) is 32.4 Å². The van der Waals surface area contributed by atoms with Crippen molar-refractivity contribution < 1.29 is 19.1 Å². The Bertz CT molecular complexity index is 871. The largest absolute Gasteiger partial charge is 0.485 e. The highest BCUT2D eigenvalue weighted by Crippen LogP contribution is 2.23. The van der Waals surface area contributed by atoms with Crippen LogP contribution in [-0.2, 0) is 4.79 Å². The standard InChI is InChI=1S/C20H21ClN2O4/c1-20(2,3)19(26)23-14-7-4-12(5-8-14)16(24)11-27-17-9-6-13(21)10-15(17)18(22)25/h4-10H,11H2,1-3H3,(H2,22,25)(H,23,26). The van der Waals surface area contributed by atoms with Gasteiger partial charge < -0.3 is 15.8 Å². The van der Waals surface area contributed by atoms with Crippen molar-refractivity contribution in [3.05, 3.63) is 58.6 Å². The average molecular weight is 389 g/mol. The van der Waals surface area contributed by atoms with Gasteiger partial charge in [0.15, 0.2) is 12.4 Å². The lowest BCUT2D eigenvalue weighted by Gasteiger charge is -2.17. The summed E-state index contributed by atoms with van der Waals surface area (Å²) < 4.78 is 5.43. The van der Waals surface area contributed by atoms with Crippen LogP contribution in [0.5, 0.6) is 5.75 Å². The molecule has 27 heavy (non-hydrogen) atoms. The number of nitrogens with two attached hydrogens (primary N) is 1. The fourth-order valence-corrected chi connectivity index (χ4v) is 2.28. The summed E-state index contributed by atoms with van der Waals surface area (Å²) in [6, 6.07) is 10.9. The maximum Gasteiger partial charge on any atom is 0.252 e. The second-order valence-corrected chi connectivity index (χ2v) is 7.43. The van der Waals surface area contributed by atoms with Crippen LogP contribution in [0.3, 0.4) is 0 Å². The maximum absolute atomic E-state index is 12.3. The highest BCUT2D eigenvalue weighted by molar-refractivity contribution is 6.31. The van der Waals surface area contributed by atoms with Gasteiger partial charge in [-0.15, -0.1) is 0 Å². The highest BCUT2D eigenvalue weighted by atomic mass is 35.5. The fraction of sp³-hybridized carbons (Fsp3) is 0.250. The van der Waals surface area contributed by atoms with E-state index in [2.05, 4.69) is 5.32 Å². The number of amides is 2. The number of anilines is 1. The molecular weight excluding hydrogens is 368 g/mol. The topological polar surface area (TPSA) is 98.5 Å². The van der Waals surface area contributed by atoms with E-state index in [-0.39, 0.29) is 29.6 Å². The van der Waals surface area contributed by atoms with Crippen LogP contribution in [0.4, 0.5) is 5.69 Å². The van der Waals surface area contributed by atoms with Crippen molar-refractivity contribution in [3.63, 3.8) is 0 Å². The first kappa shape index (κ1) is 20.5. The normalized spacial score (nSPS) is 11.0. The quantitative estimate of drug-likeness (QED) is 0.737. The molecule has 0 saturated heterocycles. The van der Waals surface area contributed by atoms with Crippen molar-refractivity contribution in [2.24, 2.45) is 11.1 Å². The first-order chi connectivity index (χ1) is 12.6. The molecule has 2 rings (SSSR count). The van der Waals surface area contributed by atoms with Gasteiger partial charge in [0.1, 0.15) is 5.75 Å². The minimum Gasteiger partial charge on any atom is -0.485 e. The second-order valence-electron chi connectivity index (χ2n) is 7.00. The number of carbonyl (C=O) groups is 3. The smallest absolute Gasteiger partial charge is 0.252 e. The molecule has 0 aliphatic heterocycles. The molecule has 0 fully saturated rings. The number of hydrogen-bond acceptors (Lipinski definition) is 4. The molecule has 2 aromatic carbocycles. The van der Waals surface area contributed by atoms with Crippen LogP contribution in [0.15, 0.2) is 42.5 Å². The zero-order valence-electron chi connectivity index (χ0n) is 15.3. The van der Waals surface area contributed by atoms with E-state index in [0.29, 0.717) is 16.3 Å². The van der Waals surface area contributed by atoms with E-state index in [9.17, 15) is 14.4 Å². The molecule has 0 bridgehead atoms. The Morgan fingerprint density at radius 1 is 1.07 bits per heavy atom. The van der Waals surface area contributed by atoms with Crippen LogP contribution in [0.1, 0.15) is 41.5 Å². The monoisotopic (exact) mass is 388 g/mol. The lowest BCUT2D eigenvalue weighted by molar-refractivity contribution is -0.123. The van der Waals surface area contributed by atoms with Crippen LogP contribution in [0.25, 0.3) is 0 Å². The third kappa shape index (κ3) is 5.56. The summed E-state index contributed by atoms with van der Waals surface area (Å²) >= 11 is 5.84. The van der Waals surface area contributed by atoms with E-state index in [0.717, 1.165) is 0 Å². The molecule has 0 radical (unpaired) electrons. The molecule has 2 aromatic rings. The van der Waals surface area contributed by atoms with Gasteiger partial charge in [0.25, 0.3) is 5.91 Å². The highest BCUT2D eigenvalue weighted by Gasteiger charge is 2.21. The molecule has 0 saturated carbocycles. The Morgan fingerprint density at radius 3 is 2.26 bits per heavy atom. The molecule has 2 amide bonds. The SMILES string of the molecule is CC(C)(C)C(=O)Nc1ccc(C(=O)COc2ccc(Cl)cc2C(N)=O)cc1. The molecule has 0 atom stereocenters. The number of carbonyl (C=O) groups excluding carboxylic acids is 3. The van der Waals surface area contributed by atoms with E-state index in [4.69, 9.17) is 22.1 Å². The predicted octanol–water partition coefficient (Wildman–Crippen LogP) is 3.69. The summed E-state index contributed by atoms with van der Waals surface area (Å²) in [5, 5.41) is 3.13. The average Bonchev–Trinajstić information content (AvgIpc) is 2.60. The third-order valence-corrected chi connectivity index (χ3v) is 3.95. The van der Waals surface area contributed by atoms with Crippen molar-refractivity contribution in [1.29, 1.82) is 0 Å². The zero-order chi connectivity index (χ0) is 20.2. The van der Waals surface area contributed by atoms with Crippen molar-refractivity contribution in [1.82, 2.24) is 0 Å². The van der Waals surface area contributed by atoms with E-state index in [1.54, 1.807) is 30.3 Å². The van der Waals surface area contributed by atoms with Crippen molar-refractivity contribution >= 4 is 34.9 Å². The Morgan fingerprint density at radius 2 is 1.70 bits per heavy atom. The second kappa shape index (κ2) is 8.22. The van der Waals surface area contributed by atoms with E-state index < -0.39 is 11.3 Å². The lowest BCUT2D eigenvalue weighted by Crippen LogP contribution is -2.27. The van der Waals surface area contributed by atoms with E-state index >= 15 is 0 Å². The van der Waals surface area contributed by atoms with E-state index in [1.165, 1.54) is 12.1 Å². The molecule has 142 valence electrons. The van der Waals surface area contributed by atoms with Crippen molar-refractivity contribution in [2.45, 2.75) is 20.8 Å². The van der Waals surface area contributed by atoms with Crippen LogP contribution in [-0.4, -0.2) is 24.2 Å². The van der Waals surface area contributed by atoms with Gasteiger partial charge in [-0.25, -0.2) is 0 Å². The third-order valence-electron chi connectivity index (χ3n) is 3.71. The Labute approximate surface area is 162 Å². The number of ketones is 1. The Balaban J connectivity index is 2.03. The summed E-state index contributed by atoms with van der Waals surface area (Å²) in [5.41, 5.74) is 5.90. The first-order valence-corrected chi connectivity index (χ1v) is 8.62. The first-order valence-electron chi connectivity index (χ1n) is 8.25. The summed E-state index contributed by atoms with van der Waals surface area (Å²) in [6.45, 7) is 5.17. The van der Waals surface area contributed by atoms with Gasteiger partial charge in [0.05, 0.1) is 5.56 Å². The number of ether oxygens (including phenoxy) is 1. The number of nitrogens with one attached hydrogen (secondary N) is 1. The summed E-state index contributed by atoms with van der Waals surface area (Å²) in [7, 11) is 0. The summed E-state index contributed by atoms with van der Waals surface area (Å²) in [4.78, 5) is 35.7. The Kier molecular flexibility index (Phi) is 6.23. The van der Waals surface area contributed by atoms with Gasteiger partial charge in [-0.05, 0) is 42.5 Å². The summed E-state index contributed by atoms with van der Waals surface area (Å²) in [6.07, 6.45) is 0. The number of halogens is 1. The van der Waals surface area contributed by atoms with Gasteiger partial charge in [-0.3, -0.25) is 14.4 Å². The minimum absolute atomic E-state index is 0.107. The zero-order valence-corrected chi connectivity index (χ0v) is 16.1. The van der Waals surface area contributed by atoms with Crippen LogP contribution >= 0.6 is 11.6 Å². The molecule has 6 nitrogen and oxygen atoms in total. The number of benzene rings is 2.